The molecule has 0 spiro atoms. The lowest BCUT2D eigenvalue weighted by atomic mass is 10.1. The minimum absolute atomic E-state index is 0.301. The van der Waals surface area contributed by atoms with Crippen molar-refractivity contribution in [2.75, 3.05) is 11.9 Å². The Balaban J connectivity index is 0.000000451. The van der Waals surface area contributed by atoms with Gasteiger partial charge in [-0.05, 0) is 24.5 Å². The number of anilines is 1. The molecule has 136 valence electrons. The third-order valence-corrected chi connectivity index (χ3v) is 3.30. The number of nitrogens with one attached hydrogen (secondary N) is 1. The molecule has 1 aromatic carbocycles. The fourth-order valence-corrected chi connectivity index (χ4v) is 2.30. The fraction of sp³-hybridized carbons (Fsp3) is 0.444. The summed E-state index contributed by atoms with van der Waals surface area (Å²) >= 11 is 0. The summed E-state index contributed by atoms with van der Waals surface area (Å²) in [6.45, 7) is 6.52. The third kappa shape index (κ3) is 8.51. The van der Waals surface area contributed by atoms with Crippen LogP contribution in [0, 0.1) is 17.2 Å². The molecule has 2 rings (SSSR count). The van der Waals surface area contributed by atoms with Crippen LogP contribution in [-0.4, -0.2) is 35.7 Å². The summed E-state index contributed by atoms with van der Waals surface area (Å²) in [7, 11) is 0. The Labute approximate surface area is 148 Å². The van der Waals surface area contributed by atoms with Gasteiger partial charge in [-0.2, -0.15) is 5.26 Å². The van der Waals surface area contributed by atoms with Crippen molar-refractivity contribution in [3.8, 4) is 6.07 Å². The number of rotatable bonds is 4. The molecule has 1 fully saturated rings. The Kier molecular flexibility index (Phi) is 11.1. The number of para-hydroxylation sites is 1. The van der Waals surface area contributed by atoms with Crippen molar-refractivity contribution in [2.45, 2.75) is 39.7 Å². The summed E-state index contributed by atoms with van der Waals surface area (Å²) in [6.07, 6.45) is 1.04. The number of benzene rings is 1. The van der Waals surface area contributed by atoms with Gasteiger partial charge in [-0.1, -0.05) is 39.0 Å². The average molecular weight is 346 g/mol. The number of likely N-dealkylation sites (tertiary alicyclic amines) is 1. The van der Waals surface area contributed by atoms with E-state index in [1.807, 2.05) is 51.1 Å². The molecule has 1 aliphatic rings. The third-order valence-electron chi connectivity index (χ3n) is 3.30. The number of carbonyl (C=O) groups is 3. The van der Waals surface area contributed by atoms with Gasteiger partial charge >= 0.3 is 0 Å². The standard InChI is InChI=1S/C9H13N3O2.C7H7NO.C2H6/c1-6-2-7(4-10)12(5-6)9(14)3-8(11)13;9-6-8-7-4-2-1-3-5-7;1-2/h6-7H,2-3,5H2,1H3,(H2,11,13);1-6H,(H,8,9);1-2H3. The van der Waals surface area contributed by atoms with Crippen LogP contribution < -0.4 is 11.1 Å². The normalized spacial score (nSPS) is 17.8. The van der Waals surface area contributed by atoms with Gasteiger partial charge in [0.25, 0.3) is 0 Å². The lowest BCUT2D eigenvalue weighted by Crippen LogP contribution is -2.37. The zero-order valence-electron chi connectivity index (χ0n) is 14.9. The van der Waals surface area contributed by atoms with Crippen LogP contribution in [0.25, 0.3) is 0 Å². The van der Waals surface area contributed by atoms with Crippen LogP contribution in [0.15, 0.2) is 30.3 Å². The van der Waals surface area contributed by atoms with Gasteiger partial charge in [0, 0.05) is 12.2 Å². The Hall–Kier alpha value is -2.88. The lowest BCUT2D eigenvalue weighted by Gasteiger charge is -2.18. The van der Waals surface area contributed by atoms with Crippen molar-refractivity contribution in [3.05, 3.63) is 30.3 Å². The molecule has 0 radical (unpaired) electrons. The van der Waals surface area contributed by atoms with Crippen LogP contribution >= 0.6 is 0 Å². The zero-order valence-corrected chi connectivity index (χ0v) is 14.9. The average Bonchev–Trinajstić information content (AvgIpc) is 2.99. The summed E-state index contributed by atoms with van der Waals surface area (Å²) in [5, 5.41) is 11.3. The number of nitrogens with two attached hydrogens (primary N) is 1. The number of nitriles is 1. The van der Waals surface area contributed by atoms with Crippen LogP contribution in [0.3, 0.4) is 0 Å². The van der Waals surface area contributed by atoms with E-state index in [4.69, 9.17) is 11.0 Å². The number of nitrogens with zero attached hydrogens (tertiary/aromatic N) is 2. The van der Waals surface area contributed by atoms with Crippen LogP contribution in [0.4, 0.5) is 5.69 Å². The van der Waals surface area contributed by atoms with E-state index >= 15 is 0 Å². The van der Waals surface area contributed by atoms with Crippen molar-refractivity contribution in [3.63, 3.8) is 0 Å². The summed E-state index contributed by atoms with van der Waals surface area (Å²) in [5.41, 5.74) is 5.74. The van der Waals surface area contributed by atoms with Crippen molar-refractivity contribution in [1.29, 1.82) is 5.26 Å². The maximum Gasteiger partial charge on any atom is 0.233 e. The van der Waals surface area contributed by atoms with E-state index in [1.165, 1.54) is 4.90 Å². The highest BCUT2D eigenvalue weighted by atomic mass is 16.2. The predicted molar refractivity (Wildman–Crippen MR) is 96.2 cm³/mol. The summed E-state index contributed by atoms with van der Waals surface area (Å²) in [6, 6.07) is 10.9. The minimum atomic E-state index is -0.647. The van der Waals surface area contributed by atoms with Crippen molar-refractivity contribution in [1.82, 2.24) is 4.90 Å². The van der Waals surface area contributed by atoms with Gasteiger partial charge in [-0.15, -0.1) is 0 Å². The monoisotopic (exact) mass is 346 g/mol. The van der Waals surface area contributed by atoms with E-state index in [1.54, 1.807) is 0 Å². The molecule has 7 heteroatoms. The molecule has 0 saturated carbocycles. The number of primary amides is 1. The molecule has 3 N–H and O–H groups in total. The SMILES string of the molecule is CC.CC1CC(C#N)N(C(=O)CC(N)=O)C1.O=CNc1ccccc1. The van der Waals surface area contributed by atoms with Crippen molar-refractivity contribution in [2.24, 2.45) is 11.7 Å². The van der Waals surface area contributed by atoms with Gasteiger partial charge in [0.1, 0.15) is 12.5 Å². The Morgan fingerprint density at radius 3 is 2.44 bits per heavy atom. The van der Waals surface area contributed by atoms with Crippen LogP contribution in [0.5, 0.6) is 0 Å². The van der Waals surface area contributed by atoms with Gasteiger partial charge in [0.15, 0.2) is 0 Å². The Morgan fingerprint density at radius 2 is 1.96 bits per heavy atom. The van der Waals surface area contributed by atoms with E-state index < -0.39 is 11.9 Å². The smallest absolute Gasteiger partial charge is 0.233 e. The Morgan fingerprint density at radius 1 is 1.36 bits per heavy atom. The van der Waals surface area contributed by atoms with E-state index in [-0.39, 0.29) is 12.3 Å². The maximum absolute atomic E-state index is 11.4. The van der Waals surface area contributed by atoms with Gasteiger partial charge in [-0.3, -0.25) is 14.4 Å². The molecule has 1 aliphatic heterocycles. The second-order valence-corrected chi connectivity index (χ2v) is 5.30. The fourth-order valence-electron chi connectivity index (χ4n) is 2.30. The number of hydrogen-bond acceptors (Lipinski definition) is 4. The lowest BCUT2D eigenvalue weighted by molar-refractivity contribution is -0.135. The molecule has 1 aromatic rings. The zero-order chi connectivity index (χ0) is 19.2. The molecule has 0 aliphatic carbocycles. The number of carbonyl (C=O) groups excluding carboxylic acids is 3. The van der Waals surface area contributed by atoms with Gasteiger partial charge in [0.05, 0.1) is 6.07 Å². The first-order chi connectivity index (χ1) is 12.0. The molecule has 7 nitrogen and oxygen atoms in total. The maximum atomic E-state index is 11.4. The Bertz CT molecular complexity index is 584. The van der Waals surface area contributed by atoms with Crippen LogP contribution in [0.1, 0.15) is 33.6 Å². The van der Waals surface area contributed by atoms with Crippen molar-refractivity contribution < 1.29 is 14.4 Å². The summed E-state index contributed by atoms with van der Waals surface area (Å²) in [5.74, 6) is -0.670. The van der Waals surface area contributed by atoms with Gasteiger partial charge < -0.3 is 16.0 Å². The van der Waals surface area contributed by atoms with E-state index in [0.29, 0.717) is 25.3 Å². The van der Waals surface area contributed by atoms with Gasteiger partial charge in [-0.25, -0.2) is 0 Å². The molecule has 25 heavy (non-hydrogen) atoms. The molecule has 1 heterocycles. The van der Waals surface area contributed by atoms with Crippen molar-refractivity contribution >= 4 is 23.9 Å². The highest BCUT2D eigenvalue weighted by Gasteiger charge is 2.33. The first kappa shape index (κ1) is 22.1. The highest BCUT2D eigenvalue weighted by molar-refractivity contribution is 5.96. The van der Waals surface area contributed by atoms with Crippen LogP contribution in [0.2, 0.25) is 0 Å². The summed E-state index contributed by atoms with van der Waals surface area (Å²) in [4.78, 5) is 33.3. The van der Waals surface area contributed by atoms with E-state index in [9.17, 15) is 14.4 Å². The predicted octanol–water partition coefficient (Wildman–Crippen LogP) is 1.90. The first-order valence-electron chi connectivity index (χ1n) is 8.20. The molecule has 0 aromatic heterocycles. The molecule has 2 unspecified atom stereocenters. The molecular formula is C18H26N4O3. The molecular weight excluding hydrogens is 320 g/mol. The quantitative estimate of drug-likeness (QED) is 0.639. The second kappa shape index (κ2) is 12.5. The van der Waals surface area contributed by atoms with E-state index in [0.717, 1.165) is 5.69 Å². The summed E-state index contributed by atoms with van der Waals surface area (Å²) < 4.78 is 0. The highest BCUT2D eigenvalue weighted by Crippen LogP contribution is 2.22. The molecule has 1 saturated heterocycles. The molecule has 3 amide bonds. The largest absolute Gasteiger partial charge is 0.369 e. The topological polar surface area (TPSA) is 116 Å². The van der Waals surface area contributed by atoms with E-state index in [2.05, 4.69) is 11.4 Å². The van der Waals surface area contributed by atoms with Crippen LogP contribution in [-0.2, 0) is 14.4 Å². The van der Waals surface area contributed by atoms with Gasteiger partial charge in [0.2, 0.25) is 18.2 Å². The molecule has 0 bridgehead atoms. The first-order valence-corrected chi connectivity index (χ1v) is 8.20. The number of amides is 3. The second-order valence-electron chi connectivity index (χ2n) is 5.30. The number of hydrogen-bond donors (Lipinski definition) is 2. The molecule has 2 atom stereocenters. The minimum Gasteiger partial charge on any atom is -0.369 e.